The normalized spacial score (nSPS) is 7.50. The molecule has 0 atom stereocenters. The Labute approximate surface area is 62.0 Å². The van der Waals surface area contributed by atoms with Gasteiger partial charge in [0.2, 0.25) is 0 Å². The summed E-state index contributed by atoms with van der Waals surface area (Å²) in [6.07, 6.45) is 1.78. The van der Waals surface area contributed by atoms with Crippen LogP contribution in [0.5, 0.6) is 0 Å². The largest absolute Gasteiger partial charge is 0.468 e. The molecule has 0 unspecified atom stereocenters. The van der Waals surface area contributed by atoms with Gasteiger partial charge in [-0.2, -0.15) is 0 Å². The molecule has 1 N–H and O–H groups in total. The lowest BCUT2D eigenvalue weighted by atomic mass is 10.5. The highest BCUT2D eigenvalue weighted by atomic mass is 16.5. The van der Waals surface area contributed by atoms with E-state index in [4.69, 9.17) is 5.11 Å². The molecule has 0 saturated heterocycles. The zero-order valence-electron chi connectivity index (χ0n) is 6.67. The van der Waals surface area contributed by atoms with Crippen LogP contribution in [0.3, 0.4) is 0 Å². The molecule has 0 aromatic rings. The Kier molecular flexibility index (Phi) is 19.2. The lowest BCUT2D eigenvalue weighted by molar-refractivity contribution is -0.128. The van der Waals surface area contributed by atoms with Crippen LogP contribution in [0, 0.1) is 0 Å². The van der Waals surface area contributed by atoms with Gasteiger partial charge in [0.15, 0.2) is 0 Å². The Morgan fingerprint density at radius 1 is 1.40 bits per heavy atom. The molecule has 0 bridgehead atoms. The molecule has 0 aliphatic carbocycles. The van der Waals surface area contributed by atoms with Crippen molar-refractivity contribution in [3.8, 4) is 0 Å². The van der Waals surface area contributed by atoms with Crippen molar-refractivity contribution in [1.29, 1.82) is 0 Å². The van der Waals surface area contributed by atoms with Gasteiger partial charge in [-0.25, -0.2) is 0 Å². The van der Waals surface area contributed by atoms with Crippen LogP contribution >= 0.6 is 0 Å². The Bertz CT molecular complexity index is 52.8. The quantitative estimate of drug-likeness (QED) is 0.477. The van der Waals surface area contributed by atoms with E-state index < -0.39 is 0 Å². The van der Waals surface area contributed by atoms with Crippen molar-refractivity contribution < 1.29 is 14.6 Å². The second-order valence-corrected chi connectivity index (χ2v) is 1.69. The van der Waals surface area contributed by atoms with E-state index in [1.54, 1.807) is 0 Å². The first-order chi connectivity index (χ1) is 4.83. The maximum Gasteiger partial charge on any atom is 0.293 e. The topological polar surface area (TPSA) is 46.5 Å². The molecule has 0 fully saturated rings. The average molecular weight is 148 g/mol. The van der Waals surface area contributed by atoms with Crippen molar-refractivity contribution in [2.75, 3.05) is 13.2 Å². The second kappa shape index (κ2) is 15.8. The highest BCUT2D eigenvalue weighted by Crippen LogP contribution is 1.71. The lowest BCUT2D eigenvalue weighted by Gasteiger charge is -1.86. The summed E-state index contributed by atoms with van der Waals surface area (Å²) in [5.41, 5.74) is 0. The Morgan fingerprint density at radius 2 is 1.90 bits per heavy atom. The van der Waals surface area contributed by atoms with E-state index in [-0.39, 0.29) is 0 Å². The molecule has 0 aliphatic heterocycles. The van der Waals surface area contributed by atoms with Gasteiger partial charge in [0.25, 0.3) is 6.47 Å². The third-order valence-corrected chi connectivity index (χ3v) is 0.614. The molecule has 0 saturated carbocycles. The fourth-order valence-corrected chi connectivity index (χ4v) is 0.166. The molecule has 3 heteroatoms. The SMILES string of the molecule is CCCO.CCCOC=O. The minimum absolute atomic E-state index is 0.319. The second-order valence-electron chi connectivity index (χ2n) is 1.69. The molecule has 0 radical (unpaired) electrons. The van der Waals surface area contributed by atoms with Crippen LogP contribution in [0.15, 0.2) is 0 Å². The van der Waals surface area contributed by atoms with Crippen molar-refractivity contribution in [2.45, 2.75) is 26.7 Å². The highest BCUT2D eigenvalue weighted by Gasteiger charge is 1.71. The predicted octanol–water partition coefficient (Wildman–Crippen LogP) is 0.958. The molecule has 0 heterocycles. The van der Waals surface area contributed by atoms with Crippen LogP contribution < -0.4 is 0 Å². The summed E-state index contributed by atoms with van der Waals surface area (Å²) in [6.45, 7) is 5.20. The standard InChI is InChI=1S/C4H8O2.C3H8O/c1-2-3-6-4-5;1-2-3-4/h4H,2-3H2,1H3;4H,2-3H2,1H3. The zero-order chi connectivity index (χ0) is 8.24. The van der Waals surface area contributed by atoms with Crippen LogP contribution in [0.25, 0.3) is 0 Å². The summed E-state index contributed by atoms with van der Waals surface area (Å²) in [7, 11) is 0. The van der Waals surface area contributed by atoms with E-state index in [0.717, 1.165) is 12.8 Å². The Hall–Kier alpha value is -0.570. The van der Waals surface area contributed by atoms with Crippen LogP contribution in [0.1, 0.15) is 26.7 Å². The maximum atomic E-state index is 9.34. The van der Waals surface area contributed by atoms with Gasteiger partial charge in [-0.3, -0.25) is 4.79 Å². The monoisotopic (exact) mass is 148 g/mol. The van der Waals surface area contributed by atoms with Crippen molar-refractivity contribution >= 4 is 6.47 Å². The van der Waals surface area contributed by atoms with Crippen molar-refractivity contribution in [2.24, 2.45) is 0 Å². The molecule has 0 amide bonds. The minimum atomic E-state index is 0.319. The maximum absolute atomic E-state index is 9.34. The summed E-state index contributed by atoms with van der Waals surface area (Å²) >= 11 is 0. The summed E-state index contributed by atoms with van der Waals surface area (Å²) in [5.74, 6) is 0. The minimum Gasteiger partial charge on any atom is -0.468 e. The van der Waals surface area contributed by atoms with Crippen LogP contribution in [0.2, 0.25) is 0 Å². The van der Waals surface area contributed by atoms with E-state index >= 15 is 0 Å². The van der Waals surface area contributed by atoms with Gasteiger partial charge < -0.3 is 9.84 Å². The molecule has 3 nitrogen and oxygen atoms in total. The van der Waals surface area contributed by atoms with Gasteiger partial charge in [-0.1, -0.05) is 13.8 Å². The van der Waals surface area contributed by atoms with E-state index in [0.29, 0.717) is 19.7 Å². The fourth-order valence-electron chi connectivity index (χ4n) is 0.166. The van der Waals surface area contributed by atoms with Crippen molar-refractivity contribution in [3.05, 3.63) is 0 Å². The molecular weight excluding hydrogens is 132 g/mol. The predicted molar refractivity (Wildman–Crippen MR) is 39.7 cm³/mol. The summed E-state index contributed by atoms with van der Waals surface area (Å²) < 4.78 is 4.30. The van der Waals surface area contributed by atoms with Crippen LogP contribution in [-0.4, -0.2) is 24.8 Å². The van der Waals surface area contributed by atoms with E-state index in [2.05, 4.69) is 4.74 Å². The third-order valence-electron chi connectivity index (χ3n) is 0.614. The van der Waals surface area contributed by atoms with E-state index in [1.165, 1.54) is 0 Å². The first kappa shape index (κ1) is 12.1. The first-order valence-corrected chi connectivity index (χ1v) is 3.49. The number of rotatable bonds is 4. The van der Waals surface area contributed by atoms with E-state index in [9.17, 15) is 4.79 Å². The van der Waals surface area contributed by atoms with Gasteiger partial charge in [-0.15, -0.1) is 0 Å². The Morgan fingerprint density at radius 3 is 2.00 bits per heavy atom. The van der Waals surface area contributed by atoms with Gasteiger partial charge >= 0.3 is 0 Å². The van der Waals surface area contributed by atoms with Crippen molar-refractivity contribution in [1.82, 2.24) is 0 Å². The van der Waals surface area contributed by atoms with Crippen LogP contribution in [-0.2, 0) is 9.53 Å². The molecule has 10 heavy (non-hydrogen) atoms. The van der Waals surface area contributed by atoms with Crippen molar-refractivity contribution in [3.63, 3.8) is 0 Å². The first-order valence-electron chi connectivity index (χ1n) is 3.49. The summed E-state index contributed by atoms with van der Waals surface area (Å²) in [4.78, 5) is 9.34. The molecular formula is C7H16O3. The highest BCUT2D eigenvalue weighted by molar-refractivity contribution is 5.36. The zero-order valence-corrected chi connectivity index (χ0v) is 6.67. The summed E-state index contributed by atoms with van der Waals surface area (Å²) in [6, 6.07) is 0. The molecule has 0 spiro atoms. The summed E-state index contributed by atoms with van der Waals surface area (Å²) in [5, 5.41) is 7.88. The average Bonchev–Trinajstić information content (AvgIpc) is 2.01. The smallest absolute Gasteiger partial charge is 0.293 e. The number of ether oxygens (including phenoxy) is 1. The van der Waals surface area contributed by atoms with Gasteiger partial charge in [0, 0.05) is 6.61 Å². The number of hydrogen-bond donors (Lipinski definition) is 1. The number of aliphatic hydroxyl groups is 1. The molecule has 0 aliphatic rings. The number of aliphatic hydroxyl groups excluding tert-OH is 1. The fraction of sp³-hybridized carbons (Fsp3) is 0.857. The molecule has 0 rings (SSSR count). The number of carbonyl (C=O) groups is 1. The van der Waals surface area contributed by atoms with Gasteiger partial charge in [0.05, 0.1) is 6.61 Å². The number of carbonyl (C=O) groups excluding carboxylic acids is 1. The number of hydrogen-bond acceptors (Lipinski definition) is 3. The van der Waals surface area contributed by atoms with Gasteiger partial charge in [0.1, 0.15) is 0 Å². The molecule has 62 valence electrons. The van der Waals surface area contributed by atoms with Gasteiger partial charge in [-0.05, 0) is 12.8 Å². The third kappa shape index (κ3) is 26.1. The molecule has 0 aromatic heterocycles. The van der Waals surface area contributed by atoms with E-state index in [1.807, 2.05) is 13.8 Å². The lowest BCUT2D eigenvalue weighted by Crippen LogP contribution is -1.86. The van der Waals surface area contributed by atoms with Crippen LogP contribution in [0.4, 0.5) is 0 Å². The molecule has 0 aromatic carbocycles. The Balaban J connectivity index is 0.